The van der Waals surface area contributed by atoms with E-state index in [-0.39, 0.29) is 42.5 Å². The minimum absolute atomic E-state index is 0.0410. The molecule has 1 aromatic heterocycles. The van der Waals surface area contributed by atoms with E-state index in [1.165, 1.54) is 16.1 Å². The van der Waals surface area contributed by atoms with Gasteiger partial charge in [-0.2, -0.15) is 4.31 Å². The fourth-order valence-corrected chi connectivity index (χ4v) is 6.78. The largest absolute Gasteiger partial charge is 0.360 e. The average molecular weight is 526 g/mol. The van der Waals surface area contributed by atoms with Gasteiger partial charge in [-0.3, -0.25) is 14.5 Å². The molecule has 0 unspecified atom stereocenters. The summed E-state index contributed by atoms with van der Waals surface area (Å²) in [6.07, 6.45) is 0. The lowest BCUT2D eigenvalue weighted by molar-refractivity contribution is -0.139. The minimum Gasteiger partial charge on any atom is -0.360 e. The molecule has 37 heavy (non-hydrogen) atoms. The van der Waals surface area contributed by atoms with Gasteiger partial charge in [0.25, 0.3) is 5.91 Å². The number of carbonyl (C=O) groups excluding carboxylic acids is 3. The van der Waals surface area contributed by atoms with Crippen molar-refractivity contribution in [3.05, 3.63) is 59.5 Å². The second kappa shape index (κ2) is 8.96. The molecule has 0 radical (unpaired) electrons. The molecule has 0 saturated carbocycles. The van der Waals surface area contributed by atoms with Gasteiger partial charge in [-0.1, -0.05) is 47.6 Å². The molecule has 1 N–H and O–H groups in total. The maximum absolute atomic E-state index is 13.4. The molecule has 5 rings (SSSR count). The van der Waals surface area contributed by atoms with E-state index in [0.29, 0.717) is 5.56 Å². The zero-order valence-electron chi connectivity index (χ0n) is 20.7. The first kappa shape index (κ1) is 24.9. The first-order valence-electron chi connectivity index (χ1n) is 11.9. The molecule has 3 heterocycles. The fraction of sp³-hybridized carbons (Fsp3) is 0.360. The maximum atomic E-state index is 13.4. The van der Waals surface area contributed by atoms with Gasteiger partial charge in [-0.15, -0.1) is 0 Å². The van der Waals surface area contributed by atoms with Gasteiger partial charge in [0.1, 0.15) is 22.7 Å². The Morgan fingerprint density at radius 3 is 2.41 bits per heavy atom. The number of urea groups is 1. The number of aromatic nitrogens is 1. The van der Waals surface area contributed by atoms with E-state index in [4.69, 9.17) is 4.52 Å². The van der Waals surface area contributed by atoms with Crippen LogP contribution in [0.2, 0.25) is 0 Å². The number of hydrogen-bond acceptors (Lipinski definition) is 7. The normalized spacial score (nSPS) is 21.1. The Morgan fingerprint density at radius 2 is 1.73 bits per heavy atom. The van der Waals surface area contributed by atoms with Gasteiger partial charge in [0.05, 0.1) is 0 Å². The van der Waals surface area contributed by atoms with Crippen molar-refractivity contribution in [2.75, 3.05) is 32.7 Å². The van der Waals surface area contributed by atoms with Crippen LogP contribution in [0.5, 0.6) is 0 Å². The number of piperazine rings is 1. The van der Waals surface area contributed by atoms with Crippen LogP contribution in [-0.4, -0.2) is 78.2 Å². The van der Waals surface area contributed by atoms with Crippen molar-refractivity contribution < 1.29 is 27.3 Å². The quantitative estimate of drug-likeness (QED) is 0.502. The number of amides is 4. The topological polar surface area (TPSA) is 133 Å². The second-order valence-electron chi connectivity index (χ2n) is 9.41. The molecule has 194 valence electrons. The van der Waals surface area contributed by atoms with Crippen molar-refractivity contribution in [2.24, 2.45) is 0 Å². The molecule has 11 nitrogen and oxygen atoms in total. The van der Waals surface area contributed by atoms with E-state index in [1.54, 1.807) is 19.9 Å². The maximum Gasteiger partial charge on any atom is 0.325 e. The van der Waals surface area contributed by atoms with Crippen LogP contribution in [0.15, 0.2) is 51.9 Å². The highest BCUT2D eigenvalue weighted by Crippen LogP contribution is 2.34. The molecule has 2 aliphatic rings. The molecular formula is C25H27N5O6S. The van der Waals surface area contributed by atoms with Crippen molar-refractivity contribution in [1.82, 2.24) is 24.6 Å². The minimum atomic E-state index is -3.82. The molecule has 2 fully saturated rings. The predicted octanol–water partition coefficient (Wildman–Crippen LogP) is 1.74. The predicted molar refractivity (Wildman–Crippen MR) is 133 cm³/mol. The molecule has 2 aromatic carbocycles. The van der Waals surface area contributed by atoms with Crippen LogP contribution in [0, 0.1) is 13.8 Å². The first-order valence-corrected chi connectivity index (χ1v) is 13.3. The van der Waals surface area contributed by atoms with Gasteiger partial charge in [0.2, 0.25) is 15.9 Å². The van der Waals surface area contributed by atoms with Crippen molar-refractivity contribution in [3.63, 3.8) is 0 Å². The van der Waals surface area contributed by atoms with Crippen molar-refractivity contribution in [1.29, 1.82) is 0 Å². The Kier molecular flexibility index (Phi) is 6.03. The van der Waals surface area contributed by atoms with Gasteiger partial charge in [0, 0.05) is 26.2 Å². The standard InChI is InChI=1S/C25H27N5O6S/c1-16-22(17(2)36-27-16)37(34,35)29-13-11-28(12-14-29)21(31)15-30-23(32)25(3,26-24(30)33)20-10-6-8-18-7-4-5-9-19(18)20/h4-10H,11-15H2,1-3H3,(H,26,33)/t25-/m1/s1. The van der Waals surface area contributed by atoms with Crippen LogP contribution in [0.4, 0.5) is 4.79 Å². The number of fused-ring (bicyclic) bond motifs is 1. The molecular weight excluding hydrogens is 498 g/mol. The Labute approximate surface area is 214 Å². The monoisotopic (exact) mass is 525 g/mol. The Hall–Kier alpha value is -3.77. The molecule has 3 aromatic rings. The molecule has 0 spiro atoms. The van der Waals surface area contributed by atoms with Gasteiger partial charge >= 0.3 is 6.03 Å². The van der Waals surface area contributed by atoms with Crippen LogP contribution in [0.1, 0.15) is 23.9 Å². The van der Waals surface area contributed by atoms with Gasteiger partial charge in [-0.05, 0) is 37.1 Å². The van der Waals surface area contributed by atoms with E-state index in [2.05, 4.69) is 10.5 Å². The molecule has 2 aliphatic heterocycles. The van der Waals surface area contributed by atoms with E-state index < -0.39 is 40.0 Å². The summed E-state index contributed by atoms with van der Waals surface area (Å²) in [5, 5.41) is 8.26. The zero-order valence-corrected chi connectivity index (χ0v) is 21.5. The molecule has 12 heteroatoms. The van der Waals surface area contributed by atoms with E-state index in [0.717, 1.165) is 15.7 Å². The summed E-state index contributed by atoms with van der Waals surface area (Å²) in [5.74, 6) is -0.731. The summed E-state index contributed by atoms with van der Waals surface area (Å²) in [5.41, 5.74) is -0.389. The molecule has 4 amide bonds. The van der Waals surface area contributed by atoms with Gasteiger partial charge in [0.15, 0.2) is 5.76 Å². The van der Waals surface area contributed by atoms with Crippen molar-refractivity contribution in [3.8, 4) is 0 Å². The molecule has 0 aliphatic carbocycles. The number of imide groups is 1. The SMILES string of the molecule is Cc1noc(C)c1S(=O)(=O)N1CCN(C(=O)CN2C(=O)N[C@](C)(c3cccc4ccccc34)C2=O)CC1. The smallest absolute Gasteiger partial charge is 0.325 e. The van der Waals surface area contributed by atoms with Crippen molar-refractivity contribution >= 4 is 38.6 Å². The summed E-state index contributed by atoms with van der Waals surface area (Å²) in [6.45, 7) is 4.72. The number of hydrogen-bond donors (Lipinski definition) is 1. The molecule has 0 bridgehead atoms. The fourth-order valence-electron chi connectivity index (χ4n) is 5.07. The van der Waals surface area contributed by atoms with Crippen LogP contribution in [-0.2, 0) is 25.2 Å². The number of aryl methyl sites for hydroxylation is 2. The summed E-state index contributed by atoms with van der Waals surface area (Å²) in [7, 11) is -3.82. The van der Waals surface area contributed by atoms with Crippen LogP contribution in [0.25, 0.3) is 10.8 Å². The van der Waals surface area contributed by atoms with Crippen LogP contribution in [0.3, 0.4) is 0 Å². The van der Waals surface area contributed by atoms with E-state index in [9.17, 15) is 22.8 Å². The van der Waals surface area contributed by atoms with Crippen LogP contribution < -0.4 is 5.32 Å². The van der Waals surface area contributed by atoms with Gasteiger partial charge < -0.3 is 14.7 Å². The lowest BCUT2D eigenvalue weighted by Gasteiger charge is -2.34. The molecule has 2 saturated heterocycles. The zero-order chi connectivity index (χ0) is 26.5. The third-order valence-electron chi connectivity index (χ3n) is 7.05. The van der Waals surface area contributed by atoms with Crippen LogP contribution >= 0.6 is 0 Å². The van der Waals surface area contributed by atoms with E-state index >= 15 is 0 Å². The molecule has 1 atom stereocenters. The second-order valence-corrected chi connectivity index (χ2v) is 11.3. The Balaban J connectivity index is 1.28. The van der Waals surface area contributed by atoms with E-state index in [1.807, 2.05) is 36.4 Å². The lowest BCUT2D eigenvalue weighted by Crippen LogP contribution is -2.53. The number of rotatable bonds is 5. The third kappa shape index (κ3) is 4.05. The average Bonchev–Trinajstić information content (AvgIpc) is 3.34. The highest BCUT2D eigenvalue weighted by atomic mass is 32.2. The van der Waals surface area contributed by atoms with Gasteiger partial charge in [-0.25, -0.2) is 13.2 Å². The first-order chi connectivity index (χ1) is 17.5. The Bertz CT molecular complexity index is 1500. The summed E-state index contributed by atoms with van der Waals surface area (Å²) >= 11 is 0. The number of sulfonamides is 1. The van der Waals surface area contributed by atoms with Crippen molar-refractivity contribution in [2.45, 2.75) is 31.2 Å². The summed E-state index contributed by atoms with van der Waals surface area (Å²) in [4.78, 5) is 41.8. The lowest BCUT2D eigenvalue weighted by atomic mass is 9.88. The summed E-state index contributed by atoms with van der Waals surface area (Å²) < 4.78 is 32.4. The number of benzene rings is 2. The number of nitrogens with zero attached hydrogens (tertiary/aromatic N) is 4. The third-order valence-corrected chi connectivity index (χ3v) is 9.20. The Morgan fingerprint density at radius 1 is 1.05 bits per heavy atom. The highest BCUT2D eigenvalue weighted by Gasteiger charge is 2.50. The highest BCUT2D eigenvalue weighted by molar-refractivity contribution is 7.89. The summed E-state index contributed by atoms with van der Waals surface area (Å²) in [6, 6.07) is 12.5. The number of nitrogens with one attached hydrogen (secondary N) is 1. The number of carbonyl (C=O) groups is 3.